The van der Waals surface area contributed by atoms with E-state index in [4.69, 9.17) is 10.5 Å². The maximum absolute atomic E-state index is 13.0. The third-order valence-electron chi connectivity index (χ3n) is 2.29. The Morgan fingerprint density at radius 1 is 1.50 bits per heavy atom. The first kappa shape index (κ1) is 11.1. The highest BCUT2D eigenvalue weighted by Gasteiger charge is 2.09. The minimum Gasteiger partial charge on any atom is -0.380 e. The quantitative estimate of drug-likeness (QED) is 0.801. The number of nitrogens with two attached hydrogens (primary N) is 1. The molecule has 2 nitrogen and oxygen atoms in total. The van der Waals surface area contributed by atoms with Crippen LogP contribution >= 0.6 is 0 Å². The van der Waals surface area contributed by atoms with E-state index in [-0.39, 0.29) is 11.7 Å². The van der Waals surface area contributed by atoms with Gasteiger partial charge >= 0.3 is 0 Å². The van der Waals surface area contributed by atoms with Crippen molar-refractivity contribution >= 4 is 0 Å². The summed E-state index contributed by atoms with van der Waals surface area (Å²) in [6, 6.07) is 4.74. The van der Waals surface area contributed by atoms with Crippen molar-refractivity contribution in [2.45, 2.75) is 19.4 Å². The van der Waals surface area contributed by atoms with Gasteiger partial charge in [-0.25, -0.2) is 4.39 Å². The van der Waals surface area contributed by atoms with Crippen LogP contribution in [0.4, 0.5) is 4.39 Å². The van der Waals surface area contributed by atoms with E-state index < -0.39 is 0 Å². The van der Waals surface area contributed by atoms with Gasteiger partial charge in [-0.1, -0.05) is 13.0 Å². The molecule has 0 aromatic heterocycles. The predicted molar refractivity (Wildman–Crippen MR) is 54.6 cm³/mol. The summed E-state index contributed by atoms with van der Waals surface area (Å²) in [5.74, 6) is 0.00534. The first-order valence-electron chi connectivity index (χ1n) is 4.66. The molecule has 1 rings (SSSR count). The molecule has 0 saturated carbocycles. The zero-order valence-corrected chi connectivity index (χ0v) is 8.59. The molecule has 1 aromatic rings. The molecule has 1 atom stereocenters. The van der Waals surface area contributed by atoms with Crippen LogP contribution in [0.1, 0.15) is 24.0 Å². The first-order chi connectivity index (χ1) is 6.69. The van der Waals surface area contributed by atoms with Crippen LogP contribution in [0.5, 0.6) is 0 Å². The molecule has 0 spiro atoms. The zero-order chi connectivity index (χ0) is 10.6. The van der Waals surface area contributed by atoms with Crippen LogP contribution in [0.2, 0.25) is 0 Å². The lowest BCUT2D eigenvalue weighted by Crippen LogP contribution is -2.11. The largest absolute Gasteiger partial charge is 0.380 e. The molecule has 0 aliphatic rings. The van der Waals surface area contributed by atoms with Crippen LogP contribution in [-0.2, 0) is 11.3 Å². The van der Waals surface area contributed by atoms with Crippen molar-refractivity contribution in [1.82, 2.24) is 0 Å². The van der Waals surface area contributed by atoms with Crippen LogP contribution in [-0.4, -0.2) is 13.7 Å². The summed E-state index contributed by atoms with van der Waals surface area (Å²) in [4.78, 5) is 0. The fourth-order valence-electron chi connectivity index (χ4n) is 1.46. The molecule has 0 bridgehead atoms. The molecule has 1 aromatic carbocycles. The van der Waals surface area contributed by atoms with E-state index in [0.29, 0.717) is 13.2 Å². The number of halogens is 1. The van der Waals surface area contributed by atoms with Gasteiger partial charge < -0.3 is 10.5 Å². The topological polar surface area (TPSA) is 35.2 Å². The van der Waals surface area contributed by atoms with E-state index >= 15 is 0 Å². The molecule has 0 radical (unpaired) electrons. The normalized spacial score (nSPS) is 12.9. The molecule has 0 amide bonds. The Morgan fingerprint density at radius 2 is 2.21 bits per heavy atom. The van der Waals surface area contributed by atoms with E-state index in [2.05, 4.69) is 0 Å². The SMILES string of the molecule is COCc1cc(F)ccc1C(C)CN. The number of methoxy groups -OCH3 is 1. The van der Waals surface area contributed by atoms with E-state index in [1.807, 2.05) is 6.92 Å². The fourth-order valence-corrected chi connectivity index (χ4v) is 1.46. The number of ether oxygens (including phenoxy) is 1. The standard InChI is InChI=1S/C11H16FNO/c1-8(6-13)11-4-3-10(12)5-9(11)7-14-2/h3-5,8H,6-7,13H2,1-2H3. The Bertz CT molecular complexity index is 301. The molecule has 0 aliphatic carbocycles. The van der Waals surface area contributed by atoms with E-state index in [0.717, 1.165) is 11.1 Å². The van der Waals surface area contributed by atoms with Gasteiger partial charge in [0.15, 0.2) is 0 Å². The van der Waals surface area contributed by atoms with Gasteiger partial charge in [0.1, 0.15) is 5.82 Å². The van der Waals surface area contributed by atoms with Crippen LogP contribution in [0, 0.1) is 5.82 Å². The van der Waals surface area contributed by atoms with Gasteiger partial charge in [0.2, 0.25) is 0 Å². The lowest BCUT2D eigenvalue weighted by molar-refractivity contribution is 0.183. The van der Waals surface area contributed by atoms with E-state index in [1.165, 1.54) is 12.1 Å². The van der Waals surface area contributed by atoms with Gasteiger partial charge in [-0.2, -0.15) is 0 Å². The maximum Gasteiger partial charge on any atom is 0.123 e. The molecule has 0 heterocycles. The van der Waals surface area contributed by atoms with Crippen LogP contribution in [0.3, 0.4) is 0 Å². The van der Waals surface area contributed by atoms with Crippen LogP contribution in [0.25, 0.3) is 0 Å². The van der Waals surface area contributed by atoms with Crippen molar-refractivity contribution in [3.8, 4) is 0 Å². The average molecular weight is 197 g/mol. The smallest absolute Gasteiger partial charge is 0.123 e. The van der Waals surface area contributed by atoms with Crippen molar-refractivity contribution in [1.29, 1.82) is 0 Å². The van der Waals surface area contributed by atoms with Crippen LogP contribution in [0.15, 0.2) is 18.2 Å². The molecule has 14 heavy (non-hydrogen) atoms. The summed E-state index contributed by atoms with van der Waals surface area (Å²) >= 11 is 0. The second-order valence-corrected chi connectivity index (χ2v) is 3.41. The third-order valence-corrected chi connectivity index (χ3v) is 2.29. The highest BCUT2D eigenvalue weighted by Crippen LogP contribution is 2.20. The summed E-state index contributed by atoms with van der Waals surface area (Å²) < 4.78 is 18.0. The highest BCUT2D eigenvalue weighted by molar-refractivity contribution is 5.30. The fraction of sp³-hybridized carbons (Fsp3) is 0.455. The van der Waals surface area contributed by atoms with E-state index in [9.17, 15) is 4.39 Å². The second kappa shape index (κ2) is 5.08. The Hall–Kier alpha value is -0.930. The van der Waals surface area contributed by atoms with E-state index in [1.54, 1.807) is 13.2 Å². The van der Waals surface area contributed by atoms with Crippen molar-refractivity contribution in [2.75, 3.05) is 13.7 Å². The lowest BCUT2D eigenvalue weighted by atomic mass is 9.96. The Kier molecular flexibility index (Phi) is 4.04. The first-order valence-corrected chi connectivity index (χ1v) is 4.66. The van der Waals surface area contributed by atoms with Crippen molar-refractivity contribution in [3.05, 3.63) is 35.1 Å². The predicted octanol–water partition coefficient (Wildman–Crippen LogP) is 2.03. The lowest BCUT2D eigenvalue weighted by Gasteiger charge is -2.14. The molecule has 0 fully saturated rings. The minimum atomic E-state index is -0.231. The molecule has 78 valence electrons. The highest BCUT2D eigenvalue weighted by atomic mass is 19.1. The number of hydrogen-bond donors (Lipinski definition) is 1. The summed E-state index contributed by atoms with van der Waals surface area (Å²) in [6.45, 7) is 3.01. The van der Waals surface area contributed by atoms with Gasteiger partial charge in [0.25, 0.3) is 0 Å². The molecular formula is C11H16FNO. The van der Waals surface area contributed by atoms with Gasteiger partial charge in [0.05, 0.1) is 6.61 Å². The number of rotatable bonds is 4. The number of hydrogen-bond acceptors (Lipinski definition) is 2. The molecule has 0 aliphatic heterocycles. The minimum absolute atomic E-state index is 0.231. The summed E-state index contributed by atoms with van der Waals surface area (Å²) in [6.07, 6.45) is 0. The monoisotopic (exact) mass is 197 g/mol. The molecular weight excluding hydrogens is 181 g/mol. The molecule has 3 heteroatoms. The Labute approximate surface area is 83.9 Å². The van der Waals surface area contributed by atoms with Gasteiger partial charge in [-0.15, -0.1) is 0 Å². The zero-order valence-electron chi connectivity index (χ0n) is 8.59. The number of benzene rings is 1. The van der Waals surface area contributed by atoms with Gasteiger partial charge in [0, 0.05) is 7.11 Å². The molecule has 0 saturated heterocycles. The average Bonchev–Trinajstić information content (AvgIpc) is 2.17. The second-order valence-electron chi connectivity index (χ2n) is 3.41. The molecule has 2 N–H and O–H groups in total. The summed E-state index contributed by atoms with van der Waals surface area (Å²) in [5.41, 5.74) is 7.52. The van der Waals surface area contributed by atoms with Gasteiger partial charge in [-0.3, -0.25) is 0 Å². The summed E-state index contributed by atoms with van der Waals surface area (Å²) in [5, 5.41) is 0. The maximum atomic E-state index is 13.0. The van der Waals surface area contributed by atoms with Crippen molar-refractivity contribution < 1.29 is 9.13 Å². The third kappa shape index (κ3) is 2.53. The van der Waals surface area contributed by atoms with Crippen molar-refractivity contribution in [3.63, 3.8) is 0 Å². The summed E-state index contributed by atoms with van der Waals surface area (Å²) in [7, 11) is 1.60. The Balaban J connectivity index is 3.01. The van der Waals surface area contributed by atoms with Crippen molar-refractivity contribution in [2.24, 2.45) is 5.73 Å². The Morgan fingerprint density at radius 3 is 2.79 bits per heavy atom. The van der Waals surface area contributed by atoms with Crippen LogP contribution < -0.4 is 5.73 Å². The van der Waals surface area contributed by atoms with Gasteiger partial charge in [-0.05, 0) is 35.7 Å². The molecule has 1 unspecified atom stereocenters.